The van der Waals surface area contributed by atoms with E-state index in [1.54, 1.807) is 0 Å². The molecule has 0 aliphatic carbocycles. The lowest BCUT2D eigenvalue weighted by Crippen LogP contribution is -2.32. The second kappa shape index (κ2) is 6.14. The third kappa shape index (κ3) is 3.00. The number of amides is 1. The Morgan fingerprint density at radius 3 is 2.70 bits per heavy atom. The second-order valence-corrected chi connectivity index (χ2v) is 6.37. The van der Waals surface area contributed by atoms with Crippen LogP contribution in [0.1, 0.15) is 67.4 Å². The molecule has 1 saturated heterocycles. The molecule has 1 amide bonds. The fourth-order valence-corrected chi connectivity index (χ4v) is 2.96. The Kier molecular flexibility index (Phi) is 4.19. The molecular weight excluding hydrogens is 296 g/mol. The van der Waals surface area contributed by atoms with Crippen LogP contribution in [-0.4, -0.2) is 32.6 Å². The van der Waals surface area contributed by atoms with Gasteiger partial charge in [0.1, 0.15) is 5.76 Å². The molecule has 0 bridgehead atoms. The van der Waals surface area contributed by atoms with Gasteiger partial charge in [0.25, 0.3) is 0 Å². The van der Waals surface area contributed by atoms with Gasteiger partial charge in [-0.3, -0.25) is 4.79 Å². The average molecular weight is 318 g/mol. The lowest BCUT2D eigenvalue weighted by atomic mass is 10.1. The summed E-state index contributed by atoms with van der Waals surface area (Å²) in [4.78, 5) is 19.0. The van der Waals surface area contributed by atoms with Gasteiger partial charge in [-0.1, -0.05) is 24.2 Å². The molecule has 1 aliphatic rings. The van der Waals surface area contributed by atoms with E-state index in [9.17, 15) is 4.79 Å². The molecule has 23 heavy (non-hydrogen) atoms. The molecule has 1 aliphatic heterocycles. The molecule has 2 aromatic rings. The number of aryl methyl sites for hydroxylation is 2. The minimum atomic E-state index is -0.0979. The molecule has 0 unspecified atom stereocenters. The van der Waals surface area contributed by atoms with Crippen LogP contribution in [0.4, 0.5) is 0 Å². The Morgan fingerprint density at radius 2 is 2.09 bits per heavy atom. The van der Waals surface area contributed by atoms with E-state index >= 15 is 0 Å². The van der Waals surface area contributed by atoms with E-state index in [4.69, 9.17) is 9.05 Å². The van der Waals surface area contributed by atoms with Crippen molar-refractivity contribution < 1.29 is 13.8 Å². The van der Waals surface area contributed by atoms with E-state index in [-0.39, 0.29) is 17.9 Å². The van der Waals surface area contributed by atoms with Gasteiger partial charge in [0, 0.05) is 18.0 Å². The third-order valence-corrected chi connectivity index (χ3v) is 4.33. The van der Waals surface area contributed by atoms with E-state index in [0.717, 1.165) is 30.6 Å². The highest BCUT2D eigenvalue weighted by Crippen LogP contribution is 2.31. The SMILES string of the molecule is Cc1noc(C)c1CC(=O)N1CCC[C@@H]1c1noc(C(C)C)n1. The van der Waals surface area contributed by atoms with Crippen LogP contribution in [0.15, 0.2) is 9.05 Å². The first-order chi connectivity index (χ1) is 11.0. The summed E-state index contributed by atoms with van der Waals surface area (Å²) in [6.07, 6.45) is 2.11. The van der Waals surface area contributed by atoms with E-state index in [2.05, 4.69) is 15.3 Å². The van der Waals surface area contributed by atoms with Gasteiger partial charge in [-0.05, 0) is 26.7 Å². The van der Waals surface area contributed by atoms with Gasteiger partial charge >= 0.3 is 0 Å². The van der Waals surface area contributed by atoms with Crippen LogP contribution in [0, 0.1) is 13.8 Å². The zero-order chi connectivity index (χ0) is 16.6. The molecule has 2 aromatic heterocycles. The number of likely N-dealkylation sites (tertiary alicyclic amines) is 1. The highest BCUT2D eigenvalue weighted by molar-refractivity contribution is 5.79. The van der Waals surface area contributed by atoms with Crippen molar-refractivity contribution in [1.29, 1.82) is 0 Å². The zero-order valence-electron chi connectivity index (χ0n) is 14.0. The van der Waals surface area contributed by atoms with Crippen molar-refractivity contribution in [2.24, 2.45) is 0 Å². The molecule has 1 atom stereocenters. The van der Waals surface area contributed by atoms with Gasteiger partial charge in [-0.25, -0.2) is 0 Å². The first-order valence-corrected chi connectivity index (χ1v) is 8.02. The number of rotatable bonds is 4. The van der Waals surface area contributed by atoms with Crippen LogP contribution >= 0.6 is 0 Å². The first-order valence-electron chi connectivity index (χ1n) is 8.02. The Morgan fingerprint density at radius 1 is 1.30 bits per heavy atom. The monoisotopic (exact) mass is 318 g/mol. The van der Waals surface area contributed by atoms with Crippen LogP contribution in [-0.2, 0) is 11.2 Å². The maximum Gasteiger partial charge on any atom is 0.229 e. The molecular formula is C16H22N4O3. The van der Waals surface area contributed by atoms with Gasteiger partial charge in [-0.2, -0.15) is 4.98 Å². The minimum absolute atomic E-state index is 0.0535. The lowest BCUT2D eigenvalue weighted by molar-refractivity contribution is -0.131. The highest BCUT2D eigenvalue weighted by Gasteiger charge is 2.34. The summed E-state index contributed by atoms with van der Waals surface area (Å²) in [6.45, 7) is 8.42. The van der Waals surface area contributed by atoms with Gasteiger partial charge < -0.3 is 13.9 Å². The van der Waals surface area contributed by atoms with Gasteiger partial charge in [0.05, 0.1) is 18.2 Å². The van der Waals surface area contributed by atoms with E-state index < -0.39 is 0 Å². The smallest absolute Gasteiger partial charge is 0.229 e. The third-order valence-electron chi connectivity index (χ3n) is 4.33. The van der Waals surface area contributed by atoms with Crippen LogP contribution in [0.25, 0.3) is 0 Å². The molecule has 7 nitrogen and oxygen atoms in total. The van der Waals surface area contributed by atoms with Crippen LogP contribution < -0.4 is 0 Å². The summed E-state index contributed by atoms with van der Waals surface area (Å²) in [5.41, 5.74) is 1.64. The summed E-state index contributed by atoms with van der Waals surface area (Å²) in [5, 5.41) is 7.98. The Hall–Kier alpha value is -2.18. The second-order valence-electron chi connectivity index (χ2n) is 6.37. The summed E-state index contributed by atoms with van der Waals surface area (Å²) in [7, 11) is 0. The number of carbonyl (C=O) groups is 1. The lowest BCUT2D eigenvalue weighted by Gasteiger charge is -2.22. The summed E-state index contributed by atoms with van der Waals surface area (Å²) in [6, 6.07) is -0.0979. The van der Waals surface area contributed by atoms with Crippen LogP contribution in [0.5, 0.6) is 0 Å². The Labute approximate surface area is 135 Å². The van der Waals surface area contributed by atoms with Gasteiger partial charge in [-0.15, -0.1) is 0 Å². The molecule has 0 spiro atoms. The predicted molar refractivity (Wildman–Crippen MR) is 81.8 cm³/mol. The number of aromatic nitrogens is 3. The normalized spacial score (nSPS) is 18.1. The number of nitrogens with zero attached hydrogens (tertiary/aromatic N) is 4. The average Bonchev–Trinajstić information content (AvgIpc) is 3.21. The number of carbonyl (C=O) groups excluding carboxylic acids is 1. The summed E-state index contributed by atoms with van der Waals surface area (Å²) >= 11 is 0. The molecule has 7 heteroatoms. The molecule has 0 aromatic carbocycles. The predicted octanol–water partition coefficient (Wildman–Crippen LogP) is 2.70. The summed E-state index contributed by atoms with van der Waals surface area (Å²) in [5.74, 6) is 2.17. The topological polar surface area (TPSA) is 85.3 Å². The van der Waals surface area contributed by atoms with E-state index in [1.807, 2.05) is 32.6 Å². The van der Waals surface area contributed by atoms with Crippen molar-refractivity contribution in [3.8, 4) is 0 Å². The largest absolute Gasteiger partial charge is 0.361 e. The molecule has 3 rings (SSSR count). The van der Waals surface area contributed by atoms with Crippen molar-refractivity contribution in [3.63, 3.8) is 0 Å². The van der Waals surface area contributed by atoms with Crippen molar-refractivity contribution in [3.05, 3.63) is 28.7 Å². The Bertz CT molecular complexity index is 684. The molecule has 1 fully saturated rings. The zero-order valence-corrected chi connectivity index (χ0v) is 14.0. The van der Waals surface area contributed by atoms with Gasteiger partial charge in [0.2, 0.25) is 11.8 Å². The Balaban J connectivity index is 1.76. The summed E-state index contributed by atoms with van der Waals surface area (Å²) < 4.78 is 10.4. The van der Waals surface area contributed by atoms with Crippen LogP contribution in [0.3, 0.4) is 0 Å². The van der Waals surface area contributed by atoms with E-state index in [0.29, 0.717) is 23.9 Å². The quantitative estimate of drug-likeness (QED) is 0.861. The number of hydrogen-bond donors (Lipinski definition) is 0. The van der Waals surface area contributed by atoms with E-state index in [1.165, 1.54) is 0 Å². The van der Waals surface area contributed by atoms with Crippen molar-refractivity contribution >= 4 is 5.91 Å². The van der Waals surface area contributed by atoms with Crippen molar-refractivity contribution in [2.75, 3.05) is 6.54 Å². The maximum atomic E-state index is 12.7. The standard InChI is InChI=1S/C16H22N4O3/c1-9(2)16-17-15(19-23-16)13-6-5-7-20(13)14(21)8-12-10(3)18-22-11(12)4/h9,13H,5-8H2,1-4H3/t13-/m1/s1. The van der Waals surface area contributed by atoms with Crippen molar-refractivity contribution in [2.45, 2.75) is 58.9 Å². The fraction of sp³-hybridized carbons (Fsp3) is 0.625. The van der Waals surface area contributed by atoms with Crippen LogP contribution in [0.2, 0.25) is 0 Å². The number of hydrogen-bond acceptors (Lipinski definition) is 6. The van der Waals surface area contributed by atoms with Gasteiger partial charge in [0.15, 0.2) is 5.82 Å². The fourth-order valence-electron chi connectivity index (χ4n) is 2.96. The molecule has 3 heterocycles. The first kappa shape index (κ1) is 15.7. The molecule has 0 N–H and O–H groups in total. The van der Waals surface area contributed by atoms with Crippen molar-refractivity contribution in [1.82, 2.24) is 20.2 Å². The highest BCUT2D eigenvalue weighted by atomic mass is 16.5. The molecule has 0 radical (unpaired) electrons. The maximum absolute atomic E-state index is 12.7. The molecule has 124 valence electrons. The minimum Gasteiger partial charge on any atom is -0.361 e. The molecule has 0 saturated carbocycles.